The number of rotatable bonds is 5. The molecule has 0 aliphatic carbocycles. The van der Waals surface area contributed by atoms with Crippen LogP contribution in [0.1, 0.15) is 39.5 Å². The summed E-state index contributed by atoms with van der Waals surface area (Å²) in [6, 6.07) is 7.50. The SMILES string of the molecule is CCCNC(C)C1CCCCN1c1cccc2nccn12. The third-order valence-electron chi connectivity index (χ3n) is 4.54. The first-order valence-electron chi connectivity index (χ1n) is 8.23. The average molecular weight is 286 g/mol. The van der Waals surface area contributed by atoms with Crippen LogP contribution in [0.4, 0.5) is 5.82 Å². The summed E-state index contributed by atoms with van der Waals surface area (Å²) >= 11 is 0. The number of piperidine rings is 1. The summed E-state index contributed by atoms with van der Waals surface area (Å²) in [5, 5.41) is 3.68. The van der Waals surface area contributed by atoms with E-state index in [1.54, 1.807) is 0 Å². The van der Waals surface area contributed by atoms with Gasteiger partial charge in [-0.15, -0.1) is 0 Å². The van der Waals surface area contributed by atoms with Crippen LogP contribution in [0, 0.1) is 0 Å². The lowest BCUT2D eigenvalue weighted by molar-refractivity contribution is 0.365. The van der Waals surface area contributed by atoms with Gasteiger partial charge in [0.05, 0.1) is 0 Å². The molecule has 1 aliphatic heterocycles. The molecule has 0 radical (unpaired) electrons. The van der Waals surface area contributed by atoms with Crippen molar-refractivity contribution in [3.05, 3.63) is 30.6 Å². The minimum atomic E-state index is 0.518. The maximum absolute atomic E-state index is 4.41. The molecular weight excluding hydrogens is 260 g/mol. The van der Waals surface area contributed by atoms with Crippen LogP contribution < -0.4 is 10.2 Å². The van der Waals surface area contributed by atoms with Crippen LogP contribution in [0.2, 0.25) is 0 Å². The highest BCUT2D eigenvalue weighted by molar-refractivity contribution is 5.52. The van der Waals surface area contributed by atoms with E-state index < -0.39 is 0 Å². The molecule has 0 spiro atoms. The standard InChI is InChI=1S/C17H26N4/c1-3-10-18-14(2)15-7-4-5-12-20(15)17-9-6-8-16-19-11-13-21(16)17/h6,8-9,11,13-15,18H,3-5,7,10,12H2,1-2H3. The van der Waals surface area contributed by atoms with E-state index >= 15 is 0 Å². The largest absolute Gasteiger partial charge is 0.353 e. The molecule has 2 atom stereocenters. The summed E-state index contributed by atoms with van der Waals surface area (Å²) in [4.78, 5) is 6.99. The number of nitrogens with zero attached hydrogens (tertiary/aromatic N) is 3. The van der Waals surface area contributed by atoms with Gasteiger partial charge < -0.3 is 10.2 Å². The Morgan fingerprint density at radius 3 is 3.14 bits per heavy atom. The second kappa shape index (κ2) is 6.48. The number of aromatic nitrogens is 2. The normalized spacial score (nSPS) is 20.9. The third kappa shape index (κ3) is 2.91. The van der Waals surface area contributed by atoms with Gasteiger partial charge in [0.1, 0.15) is 11.5 Å². The highest BCUT2D eigenvalue weighted by atomic mass is 15.3. The van der Waals surface area contributed by atoms with Gasteiger partial charge in [0.25, 0.3) is 0 Å². The Labute approximate surface area is 127 Å². The molecule has 2 unspecified atom stereocenters. The summed E-state index contributed by atoms with van der Waals surface area (Å²) in [6.45, 7) is 6.79. The highest BCUT2D eigenvalue weighted by Gasteiger charge is 2.28. The molecule has 2 aromatic rings. The molecule has 3 rings (SSSR count). The number of anilines is 1. The Morgan fingerprint density at radius 1 is 1.38 bits per heavy atom. The summed E-state index contributed by atoms with van der Waals surface area (Å²) in [5.41, 5.74) is 1.03. The fraction of sp³-hybridized carbons (Fsp3) is 0.588. The molecule has 0 bridgehead atoms. The van der Waals surface area contributed by atoms with E-state index in [0.29, 0.717) is 12.1 Å². The molecule has 4 nitrogen and oxygen atoms in total. The zero-order valence-electron chi connectivity index (χ0n) is 13.1. The smallest absolute Gasteiger partial charge is 0.138 e. The molecule has 114 valence electrons. The topological polar surface area (TPSA) is 32.6 Å². The summed E-state index contributed by atoms with van der Waals surface area (Å²) in [6.07, 6.45) is 9.02. The van der Waals surface area contributed by atoms with E-state index in [9.17, 15) is 0 Å². The summed E-state index contributed by atoms with van der Waals surface area (Å²) < 4.78 is 2.21. The van der Waals surface area contributed by atoms with Gasteiger partial charge in [0.2, 0.25) is 0 Å². The van der Waals surface area contributed by atoms with Crippen LogP contribution in [-0.2, 0) is 0 Å². The van der Waals surface area contributed by atoms with Gasteiger partial charge >= 0.3 is 0 Å². The zero-order valence-corrected chi connectivity index (χ0v) is 13.1. The van der Waals surface area contributed by atoms with Gasteiger partial charge in [-0.05, 0) is 51.3 Å². The molecule has 3 heterocycles. The number of pyridine rings is 1. The van der Waals surface area contributed by atoms with Crippen LogP contribution in [0.15, 0.2) is 30.6 Å². The number of fused-ring (bicyclic) bond motifs is 1. The van der Waals surface area contributed by atoms with Crippen molar-refractivity contribution in [2.24, 2.45) is 0 Å². The molecule has 21 heavy (non-hydrogen) atoms. The fourth-order valence-electron chi connectivity index (χ4n) is 3.44. The van der Waals surface area contributed by atoms with E-state index in [2.05, 4.69) is 57.8 Å². The Morgan fingerprint density at radius 2 is 2.29 bits per heavy atom. The number of nitrogens with one attached hydrogen (secondary N) is 1. The minimum absolute atomic E-state index is 0.518. The Kier molecular flexibility index (Phi) is 4.44. The van der Waals surface area contributed by atoms with Gasteiger partial charge in [-0.1, -0.05) is 13.0 Å². The molecular formula is C17H26N4. The van der Waals surface area contributed by atoms with Crippen molar-refractivity contribution in [2.75, 3.05) is 18.0 Å². The van der Waals surface area contributed by atoms with Crippen molar-refractivity contribution in [3.63, 3.8) is 0 Å². The zero-order chi connectivity index (χ0) is 14.7. The van der Waals surface area contributed by atoms with Crippen LogP contribution in [0.5, 0.6) is 0 Å². The van der Waals surface area contributed by atoms with Crippen LogP contribution >= 0.6 is 0 Å². The minimum Gasteiger partial charge on any atom is -0.353 e. The first kappa shape index (κ1) is 14.4. The van der Waals surface area contributed by atoms with Crippen LogP contribution in [0.3, 0.4) is 0 Å². The molecule has 0 amide bonds. The number of hydrogen-bond donors (Lipinski definition) is 1. The molecule has 0 saturated carbocycles. The van der Waals surface area contributed by atoms with Crippen molar-refractivity contribution in [1.82, 2.24) is 14.7 Å². The fourth-order valence-corrected chi connectivity index (χ4v) is 3.44. The Bertz CT molecular complexity index is 577. The molecule has 1 N–H and O–H groups in total. The lowest BCUT2D eigenvalue weighted by Gasteiger charge is -2.41. The Balaban J connectivity index is 1.88. The monoisotopic (exact) mass is 286 g/mol. The third-order valence-corrected chi connectivity index (χ3v) is 4.54. The van der Waals surface area contributed by atoms with E-state index in [0.717, 1.165) is 18.7 Å². The van der Waals surface area contributed by atoms with Crippen molar-refractivity contribution >= 4 is 11.5 Å². The molecule has 4 heteroatoms. The molecule has 1 fully saturated rings. The maximum Gasteiger partial charge on any atom is 0.138 e. The molecule has 0 aromatic carbocycles. The molecule has 1 aliphatic rings. The van der Waals surface area contributed by atoms with Crippen molar-refractivity contribution < 1.29 is 0 Å². The van der Waals surface area contributed by atoms with Gasteiger partial charge in [-0.3, -0.25) is 4.40 Å². The van der Waals surface area contributed by atoms with Gasteiger partial charge in [0, 0.05) is 31.0 Å². The second-order valence-corrected chi connectivity index (χ2v) is 6.04. The second-order valence-electron chi connectivity index (χ2n) is 6.04. The lowest BCUT2D eigenvalue weighted by atomic mass is 9.96. The quantitative estimate of drug-likeness (QED) is 0.917. The predicted molar refractivity (Wildman–Crippen MR) is 87.9 cm³/mol. The summed E-state index contributed by atoms with van der Waals surface area (Å²) in [5.74, 6) is 1.28. The lowest BCUT2D eigenvalue weighted by Crippen LogP contribution is -2.51. The van der Waals surface area contributed by atoms with Crippen molar-refractivity contribution in [2.45, 2.75) is 51.6 Å². The van der Waals surface area contributed by atoms with Crippen molar-refractivity contribution in [1.29, 1.82) is 0 Å². The first-order chi connectivity index (χ1) is 10.3. The average Bonchev–Trinajstić information content (AvgIpc) is 3.01. The van der Waals surface area contributed by atoms with Crippen LogP contribution in [-0.4, -0.2) is 34.6 Å². The van der Waals surface area contributed by atoms with Gasteiger partial charge in [0.15, 0.2) is 0 Å². The highest BCUT2D eigenvalue weighted by Crippen LogP contribution is 2.27. The van der Waals surface area contributed by atoms with Gasteiger partial charge in [-0.2, -0.15) is 0 Å². The summed E-state index contributed by atoms with van der Waals surface area (Å²) in [7, 11) is 0. The van der Waals surface area contributed by atoms with E-state index in [1.807, 2.05) is 6.20 Å². The number of hydrogen-bond acceptors (Lipinski definition) is 3. The molecule has 1 saturated heterocycles. The number of imidazole rings is 1. The van der Waals surface area contributed by atoms with Gasteiger partial charge in [-0.25, -0.2) is 4.98 Å². The van der Waals surface area contributed by atoms with E-state index in [1.165, 1.54) is 31.5 Å². The van der Waals surface area contributed by atoms with Crippen molar-refractivity contribution in [3.8, 4) is 0 Å². The van der Waals surface area contributed by atoms with E-state index in [-0.39, 0.29) is 0 Å². The molecule has 2 aromatic heterocycles. The van der Waals surface area contributed by atoms with Crippen LogP contribution in [0.25, 0.3) is 5.65 Å². The first-order valence-corrected chi connectivity index (χ1v) is 8.23. The maximum atomic E-state index is 4.41. The Hall–Kier alpha value is -1.55. The predicted octanol–water partition coefficient (Wildman–Crippen LogP) is 3.08. The van der Waals surface area contributed by atoms with E-state index in [4.69, 9.17) is 0 Å².